The van der Waals surface area contributed by atoms with Crippen LogP contribution in [0, 0.1) is 5.82 Å². The number of fused-ring (bicyclic) bond motifs is 3. The average Bonchev–Trinajstić information content (AvgIpc) is 3.30. The molecule has 3 heterocycles. The van der Waals surface area contributed by atoms with Crippen LogP contribution in [0.5, 0.6) is 17.2 Å². The Morgan fingerprint density at radius 1 is 1.18 bits per heavy atom. The highest BCUT2D eigenvalue weighted by Crippen LogP contribution is 2.34. The van der Waals surface area contributed by atoms with Gasteiger partial charge in [0.25, 0.3) is 0 Å². The number of methoxy groups -OCH3 is 1. The predicted octanol–water partition coefficient (Wildman–Crippen LogP) is 3.99. The van der Waals surface area contributed by atoms with Crippen molar-refractivity contribution >= 4 is 10.9 Å². The average molecular weight is 461 g/mol. The van der Waals surface area contributed by atoms with E-state index >= 15 is 0 Å². The van der Waals surface area contributed by atoms with Crippen molar-refractivity contribution in [1.29, 1.82) is 0 Å². The van der Waals surface area contributed by atoms with Crippen molar-refractivity contribution in [3.8, 4) is 22.9 Å². The summed E-state index contributed by atoms with van der Waals surface area (Å²) in [6.07, 6.45) is 6.65. The minimum absolute atomic E-state index is 0.214. The lowest BCUT2D eigenvalue weighted by Crippen LogP contribution is -2.34. The number of halogens is 1. The smallest absolute Gasteiger partial charge is 0.197 e. The van der Waals surface area contributed by atoms with E-state index in [0.29, 0.717) is 25.5 Å². The van der Waals surface area contributed by atoms with E-state index in [1.807, 2.05) is 41.2 Å². The maximum atomic E-state index is 14.4. The summed E-state index contributed by atoms with van der Waals surface area (Å²) in [7, 11) is 1.66. The van der Waals surface area contributed by atoms with Gasteiger partial charge in [0.2, 0.25) is 0 Å². The Bertz CT molecular complexity index is 1370. The molecule has 0 spiro atoms. The molecular weight excluding hydrogens is 435 g/mol. The van der Waals surface area contributed by atoms with Gasteiger partial charge in [0.05, 0.1) is 24.0 Å². The second kappa shape index (κ2) is 8.61. The zero-order chi connectivity index (χ0) is 23.1. The van der Waals surface area contributed by atoms with Gasteiger partial charge in [-0.25, -0.2) is 9.07 Å². The first-order chi connectivity index (χ1) is 16.7. The van der Waals surface area contributed by atoms with Gasteiger partial charge in [-0.15, -0.1) is 0 Å². The van der Waals surface area contributed by atoms with Crippen LogP contribution in [0.3, 0.4) is 0 Å². The van der Waals surface area contributed by atoms with E-state index in [4.69, 9.17) is 19.3 Å². The second-order valence-corrected chi connectivity index (χ2v) is 8.68. The monoisotopic (exact) mass is 460 g/mol. The summed E-state index contributed by atoms with van der Waals surface area (Å²) in [5.41, 5.74) is 5.08. The third-order valence-corrected chi connectivity index (χ3v) is 6.50. The van der Waals surface area contributed by atoms with E-state index in [-0.39, 0.29) is 17.6 Å². The molecule has 1 N–H and O–H groups in total. The minimum atomic E-state index is -0.373. The van der Waals surface area contributed by atoms with E-state index in [1.54, 1.807) is 7.11 Å². The van der Waals surface area contributed by atoms with Crippen molar-refractivity contribution < 1.29 is 18.6 Å². The van der Waals surface area contributed by atoms with Crippen LogP contribution >= 0.6 is 0 Å². The Labute approximate surface area is 196 Å². The van der Waals surface area contributed by atoms with Crippen LogP contribution in [0.4, 0.5) is 4.39 Å². The van der Waals surface area contributed by atoms with Crippen molar-refractivity contribution in [3.63, 3.8) is 0 Å². The topological polar surface area (TPSA) is 70.4 Å². The van der Waals surface area contributed by atoms with E-state index in [0.717, 1.165) is 52.9 Å². The molecule has 0 amide bonds. The maximum Gasteiger partial charge on any atom is 0.197 e. The lowest BCUT2D eigenvalue weighted by molar-refractivity contribution is 0.164. The first kappa shape index (κ1) is 20.9. The molecule has 174 valence electrons. The van der Waals surface area contributed by atoms with Crippen LogP contribution in [0.25, 0.3) is 16.6 Å². The fourth-order valence-electron chi connectivity index (χ4n) is 4.77. The van der Waals surface area contributed by atoms with Crippen molar-refractivity contribution in [3.05, 3.63) is 71.4 Å². The summed E-state index contributed by atoms with van der Waals surface area (Å²) in [6.45, 7) is 1.39. The molecule has 0 fully saturated rings. The van der Waals surface area contributed by atoms with E-state index < -0.39 is 0 Å². The number of hydrogen-bond acceptors (Lipinski definition) is 6. The van der Waals surface area contributed by atoms with Gasteiger partial charge in [0.15, 0.2) is 17.3 Å². The number of hydrogen-bond donors (Lipinski definition) is 1. The molecular formula is C26H25FN4O3. The SMILES string of the molecule is COc1ccc2nccc(-n3cc4c(n3)CCC(NCc3cc(F)c5c(c3)OCCO5)C4)c2c1. The van der Waals surface area contributed by atoms with Crippen LogP contribution in [-0.2, 0) is 19.4 Å². The number of nitrogens with one attached hydrogen (secondary N) is 1. The molecule has 0 saturated heterocycles. The van der Waals surface area contributed by atoms with Crippen molar-refractivity contribution in [2.24, 2.45) is 0 Å². The van der Waals surface area contributed by atoms with Crippen LogP contribution in [0.15, 0.2) is 48.8 Å². The summed E-state index contributed by atoms with van der Waals surface area (Å²) < 4.78 is 32.7. The molecule has 1 atom stereocenters. The second-order valence-electron chi connectivity index (χ2n) is 8.68. The van der Waals surface area contributed by atoms with Gasteiger partial charge in [0, 0.05) is 30.4 Å². The summed E-state index contributed by atoms with van der Waals surface area (Å²) in [4.78, 5) is 4.47. The number of rotatable bonds is 5. The molecule has 0 bridgehead atoms. The summed E-state index contributed by atoms with van der Waals surface area (Å²) in [5.74, 6) is 1.11. The lowest BCUT2D eigenvalue weighted by atomic mass is 9.93. The van der Waals surface area contributed by atoms with Crippen molar-refractivity contribution in [1.82, 2.24) is 20.1 Å². The maximum absolute atomic E-state index is 14.4. The number of pyridine rings is 1. The van der Waals surface area contributed by atoms with Crippen molar-refractivity contribution in [2.75, 3.05) is 20.3 Å². The molecule has 2 aliphatic rings. The van der Waals surface area contributed by atoms with Gasteiger partial charge < -0.3 is 19.5 Å². The van der Waals surface area contributed by atoms with Crippen LogP contribution < -0.4 is 19.5 Å². The largest absolute Gasteiger partial charge is 0.497 e. The van der Waals surface area contributed by atoms with Gasteiger partial charge in [0.1, 0.15) is 19.0 Å². The minimum Gasteiger partial charge on any atom is -0.497 e. The highest BCUT2D eigenvalue weighted by atomic mass is 19.1. The Kier molecular flexibility index (Phi) is 5.30. The number of benzene rings is 2. The third kappa shape index (κ3) is 3.84. The summed E-state index contributed by atoms with van der Waals surface area (Å²) in [6, 6.07) is 11.5. The zero-order valence-corrected chi connectivity index (χ0v) is 18.9. The highest BCUT2D eigenvalue weighted by molar-refractivity contribution is 5.88. The molecule has 0 radical (unpaired) electrons. The Hall–Kier alpha value is -3.65. The summed E-state index contributed by atoms with van der Waals surface area (Å²) in [5, 5.41) is 9.46. The molecule has 1 unspecified atom stereocenters. The number of aromatic nitrogens is 3. The molecule has 1 aliphatic heterocycles. The third-order valence-electron chi connectivity index (χ3n) is 6.50. The van der Waals surface area contributed by atoms with Gasteiger partial charge in [-0.1, -0.05) is 0 Å². The number of ether oxygens (including phenoxy) is 3. The zero-order valence-electron chi connectivity index (χ0n) is 18.9. The molecule has 4 aromatic rings. The molecule has 6 rings (SSSR count). The standard InChI is InChI=1S/C26H25FN4O3/c1-32-19-3-5-23-20(13-19)24(6-7-28-23)31-15-17-12-18(2-4-22(17)30-31)29-14-16-10-21(27)26-25(11-16)33-8-9-34-26/h3,5-7,10-11,13,15,18,29H,2,4,8-9,12,14H2,1H3. The van der Waals surface area contributed by atoms with E-state index in [1.165, 1.54) is 11.6 Å². The fraction of sp³-hybridized carbons (Fsp3) is 0.308. The van der Waals surface area contributed by atoms with E-state index in [9.17, 15) is 4.39 Å². The fourth-order valence-corrected chi connectivity index (χ4v) is 4.77. The first-order valence-corrected chi connectivity index (χ1v) is 11.5. The number of aryl methyl sites for hydroxylation is 1. The molecule has 2 aromatic heterocycles. The van der Waals surface area contributed by atoms with Gasteiger partial charge in [-0.3, -0.25) is 4.98 Å². The molecule has 34 heavy (non-hydrogen) atoms. The first-order valence-electron chi connectivity index (χ1n) is 11.5. The molecule has 8 heteroatoms. The summed E-state index contributed by atoms with van der Waals surface area (Å²) >= 11 is 0. The predicted molar refractivity (Wildman–Crippen MR) is 125 cm³/mol. The van der Waals surface area contributed by atoms with Crippen LogP contribution in [-0.4, -0.2) is 41.1 Å². The Morgan fingerprint density at radius 2 is 2.09 bits per heavy atom. The lowest BCUT2D eigenvalue weighted by Gasteiger charge is -2.23. The molecule has 2 aromatic carbocycles. The number of nitrogens with zero attached hydrogens (tertiary/aromatic N) is 3. The Balaban J connectivity index is 1.20. The van der Waals surface area contributed by atoms with Gasteiger partial charge >= 0.3 is 0 Å². The quantitative estimate of drug-likeness (QED) is 0.486. The molecule has 7 nitrogen and oxygen atoms in total. The van der Waals surface area contributed by atoms with Crippen LogP contribution in [0.1, 0.15) is 23.2 Å². The normalized spacial score (nSPS) is 16.9. The van der Waals surface area contributed by atoms with Gasteiger partial charge in [-0.2, -0.15) is 5.10 Å². The Morgan fingerprint density at radius 3 is 3.00 bits per heavy atom. The molecule has 1 aliphatic carbocycles. The molecule has 0 saturated carbocycles. The van der Waals surface area contributed by atoms with E-state index in [2.05, 4.69) is 16.5 Å². The highest BCUT2D eigenvalue weighted by Gasteiger charge is 2.23. The van der Waals surface area contributed by atoms with Crippen molar-refractivity contribution in [2.45, 2.75) is 31.8 Å². The van der Waals surface area contributed by atoms with Gasteiger partial charge in [-0.05, 0) is 66.8 Å². The van der Waals surface area contributed by atoms with Crippen LogP contribution in [0.2, 0.25) is 0 Å².